The number of carbonyl (C=O) groups excluding carboxylic acids is 2. The number of nitrogens with one attached hydrogen (secondary N) is 2. The van der Waals surface area contributed by atoms with E-state index in [4.69, 9.17) is 16.3 Å². The topological polar surface area (TPSA) is 67.4 Å². The summed E-state index contributed by atoms with van der Waals surface area (Å²) in [7, 11) is 0. The smallest absolute Gasteiger partial charge is 0.258 e. The van der Waals surface area contributed by atoms with E-state index in [1.165, 1.54) is 0 Å². The highest BCUT2D eigenvalue weighted by atomic mass is 35.5. The third-order valence-electron chi connectivity index (χ3n) is 2.29. The highest BCUT2D eigenvalue weighted by Crippen LogP contribution is 2.16. The molecule has 1 atom stereocenters. The molecule has 0 aromatic heterocycles. The van der Waals surface area contributed by atoms with E-state index < -0.39 is 6.04 Å². The molecule has 104 valence electrons. The molecule has 0 unspecified atom stereocenters. The Bertz CT molecular complexity index is 451. The maximum Gasteiger partial charge on any atom is 0.258 e. The molecule has 0 aliphatic rings. The Balaban J connectivity index is 2.37. The van der Waals surface area contributed by atoms with Gasteiger partial charge in [0.1, 0.15) is 11.8 Å². The quantitative estimate of drug-likeness (QED) is 0.829. The molecule has 1 rings (SSSR count). The van der Waals surface area contributed by atoms with Crippen LogP contribution in [-0.4, -0.2) is 31.0 Å². The molecule has 19 heavy (non-hydrogen) atoms. The van der Waals surface area contributed by atoms with Gasteiger partial charge in [-0.15, -0.1) is 0 Å². The van der Waals surface area contributed by atoms with Gasteiger partial charge in [0, 0.05) is 11.6 Å². The van der Waals surface area contributed by atoms with Gasteiger partial charge in [0.05, 0.1) is 0 Å². The molecule has 0 spiro atoms. The molecule has 0 radical (unpaired) electrons. The largest absolute Gasteiger partial charge is 0.484 e. The van der Waals surface area contributed by atoms with Crippen molar-refractivity contribution < 1.29 is 14.3 Å². The van der Waals surface area contributed by atoms with Crippen molar-refractivity contribution in [1.29, 1.82) is 0 Å². The number of benzene rings is 1. The first-order valence-corrected chi connectivity index (χ1v) is 6.36. The number of ether oxygens (including phenoxy) is 1. The summed E-state index contributed by atoms with van der Waals surface area (Å²) in [5.74, 6) is -0.0781. The number of amides is 2. The minimum atomic E-state index is -0.588. The van der Waals surface area contributed by atoms with Gasteiger partial charge in [0.25, 0.3) is 5.91 Å². The summed E-state index contributed by atoms with van der Waals surface area (Å²) in [6, 6.07) is 6.17. The number of rotatable bonds is 6. The fourth-order valence-electron chi connectivity index (χ4n) is 1.38. The molecule has 2 amide bonds. The Morgan fingerprint density at radius 2 is 2.16 bits per heavy atom. The molecule has 0 bridgehead atoms. The normalized spacial score (nSPS) is 11.5. The molecule has 1 aromatic rings. The molecule has 0 aliphatic heterocycles. The Morgan fingerprint density at radius 3 is 2.79 bits per heavy atom. The van der Waals surface area contributed by atoms with Gasteiger partial charge in [0.2, 0.25) is 5.91 Å². The number of hydrogen-bond donors (Lipinski definition) is 2. The van der Waals surface area contributed by atoms with Crippen molar-refractivity contribution in [1.82, 2.24) is 10.6 Å². The van der Waals surface area contributed by atoms with Gasteiger partial charge in [-0.05, 0) is 32.0 Å². The molecule has 5 nitrogen and oxygen atoms in total. The second kappa shape index (κ2) is 7.63. The molecule has 0 heterocycles. The molecule has 2 N–H and O–H groups in total. The van der Waals surface area contributed by atoms with Gasteiger partial charge >= 0.3 is 0 Å². The molecule has 0 saturated carbocycles. The third kappa shape index (κ3) is 5.61. The summed E-state index contributed by atoms with van der Waals surface area (Å²) in [4.78, 5) is 23.0. The lowest BCUT2D eigenvalue weighted by molar-refractivity contribution is -0.129. The van der Waals surface area contributed by atoms with E-state index in [0.29, 0.717) is 17.3 Å². The van der Waals surface area contributed by atoms with Crippen LogP contribution in [0.5, 0.6) is 5.75 Å². The van der Waals surface area contributed by atoms with Crippen LogP contribution in [0, 0.1) is 0 Å². The fraction of sp³-hybridized carbons (Fsp3) is 0.385. The predicted octanol–water partition coefficient (Wildman–Crippen LogP) is 1.36. The summed E-state index contributed by atoms with van der Waals surface area (Å²) in [6.45, 7) is 3.79. The highest BCUT2D eigenvalue weighted by Gasteiger charge is 2.14. The van der Waals surface area contributed by atoms with E-state index in [1.54, 1.807) is 31.2 Å². The second-order valence-electron chi connectivity index (χ2n) is 3.93. The van der Waals surface area contributed by atoms with E-state index in [2.05, 4.69) is 10.6 Å². The minimum Gasteiger partial charge on any atom is -0.484 e. The van der Waals surface area contributed by atoms with Crippen LogP contribution in [-0.2, 0) is 9.59 Å². The average Bonchev–Trinajstić information content (AvgIpc) is 2.36. The van der Waals surface area contributed by atoms with Crippen LogP contribution in [0.4, 0.5) is 0 Å². The zero-order valence-electron chi connectivity index (χ0n) is 10.9. The summed E-state index contributed by atoms with van der Waals surface area (Å²) >= 11 is 5.79. The predicted molar refractivity (Wildman–Crippen MR) is 73.2 cm³/mol. The summed E-state index contributed by atoms with van der Waals surface area (Å²) < 4.78 is 5.26. The molecular weight excluding hydrogens is 268 g/mol. The Kier molecular flexibility index (Phi) is 6.15. The van der Waals surface area contributed by atoms with Gasteiger partial charge in [-0.2, -0.15) is 0 Å². The van der Waals surface area contributed by atoms with Crippen LogP contribution < -0.4 is 15.4 Å². The van der Waals surface area contributed by atoms with Crippen molar-refractivity contribution in [2.24, 2.45) is 0 Å². The van der Waals surface area contributed by atoms with Crippen LogP contribution in [0.25, 0.3) is 0 Å². The maximum absolute atomic E-state index is 11.6. The van der Waals surface area contributed by atoms with Crippen molar-refractivity contribution in [3.05, 3.63) is 29.3 Å². The van der Waals surface area contributed by atoms with Crippen LogP contribution in [0.1, 0.15) is 13.8 Å². The lowest BCUT2D eigenvalue weighted by Crippen LogP contribution is -2.46. The molecule has 1 aromatic carbocycles. The lowest BCUT2D eigenvalue weighted by atomic mass is 10.3. The van der Waals surface area contributed by atoms with Crippen molar-refractivity contribution >= 4 is 23.4 Å². The van der Waals surface area contributed by atoms with Gasteiger partial charge in [-0.25, -0.2) is 0 Å². The monoisotopic (exact) mass is 284 g/mol. The average molecular weight is 285 g/mol. The van der Waals surface area contributed by atoms with Crippen LogP contribution in [0.15, 0.2) is 24.3 Å². The number of likely N-dealkylation sites (N-methyl/N-ethyl adjacent to an activating group) is 1. The SMILES string of the molecule is CCNC(=O)[C@H](C)NC(=O)COc1cccc(Cl)c1. The molecule has 0 fully saturated rings. The van der Waals surface area contributed by atoms with E-state index in [9.17, 15) is 9.59 Å². The molecule has 6 heteroatoms. The molecular formula is C13H17ClN2O3. The summed E-state index contributed by atoms with van der Waals surface area (Å²) in [5.41, 5.74) is 0. The first kappa shape index (κ1) is 15.3. The Labute approximate surface area is 117 Å². The van der Waals surface area contributed by atoms with Crippen molar-refractivity contribution in [3.8, 4) is 5.75 Å². The second-order valence-corrected chi connectivity index (χ2v) is 4.37. The van der Waals surface area contributed by atoms with E-state index in [1.807, 2.05) is 6.92 Å². The van der Waals surface area contributed by atoms with E-state index in [-0.39, 0.29) is 18.4 Å². The molecule has 0 saturated heterocycles. The van der Waals surface area contributed by atoms with Crippen molar-refractivity contribution in [3.63, 3.8) is 0 Å². The zero-order chi connectivity index (χ0) is 14.3. The van der Waals surface area contributed by atoms with Gasteiger partial charge in [-0.1, -0.05) is 17.7 Å². The fourth-order valence-corrected chi connectivity index (χ4v) is 1.56. The van der Waals surface area contributed by atoms with Gasteiger partial charge in [-0.3, -0.25) is 9.59 Å². The summed E-state index contributed by atoms with van der Waals surface area (Å²) in [5, 5.41) is 5.70. The first-order valence-electron chi connectivity index (χ1n) is 5.98. The maximum atomic E-state index is 11.6. The number of hydrogen-bond acceptors (Lipinski definition) is 3. The third-order valence-corrected chi connectivity index (χ3v) is 2.52. The van der Waals surface area contributed by atoms with Crippen LogP contribution in [0.2, 0.25) is 5.02 Å². The van der Waals surface area contributed by atoms with E-state index in [0.717, 1.165) is 0 Å². The standard InChI is InChI=1S/C13H17ClN2O3/c1-3-15-13(18)9(2)16-12(17)8-19-11-6-4-5-10(14)7-11/h4-7,9H,3,8H2,1-2H3,(H,15,18)(H,16,17)/t9-/m0/s1. The van der Waals surface area contributed by atoms with Crippen molar-refractivity contribution in [2.75, 3.05) is 13.2 Å². The van der Waals surface area contributed by atoms with Crippen LogP contribution in [0.3, 0.4) is 0 Å². The first-order chi connectivity index (χ1) is 9.02. The Morgan fingerprint density at radius 1 is 1.42 bits per heavy atom. The van der Waals surface area contributed by atoms with Crippen molar-refractivity contribution in [2.45, 2.75) is 19.9 Å². The van der Waals surface area contributed by atoms with Gasteiger partial charge in [0.15, 0.2) is 6.61 Å². The van der Waals surface area contributed by atoms with Gasteiger partial charge < -0.3 is 15.4 Å². The minimum absolute atomic E-state index is 0.163. The zero-order valence-corrected chi connectivity index (χ0v) is 11.7. The summed E-state index contributed by atoms with van der Waals surface area (Å²) in [6.07, 6.45) is 0. The number of halogens is 1. The Hall–Kier alpha value is -1.75. The van der Waals surface area contributed by atoms with Crippen LogP contribution >= 0.6 is 11.6 Å². The van der Waals surface area contributed by atoms with E-state index >= 15 is 0 Å². The lowest BCUT2D eigenvalue weighted by Gasteiger charge is -2.13. The molecule has 0 aliphatic carbocycles. The number of carbonyl (C=O) groups is 2. The highest BCUT2D eigenvalue weighted by molar-refractivity contribution is 6.30.